The predicted molar refractivity (Wildman–Crippen MR) is 71.0 cm³/mol. The van der Waals surface area contributed by atoms with Crippen molar-refractivity contribution in [1.29, 1.82) is 0 Å². The minimum absolute atomic E-state index is 0.500. The number of rotatable bonds is 1. The largest absolute Gasteiger partial charge is 0.493 e. The third kappa shape index (κ3) is 1.78. The van der Waals surface area contributed by atoms with Gasteiger partial charge >= 0.3 is 0 Å². The zero-order valence-corrected chi connectivity index (χ0v) is 10.5. The molecule has 18 heavy (non-hydrogen) atoms. The maximum atomic E-state index is 11.0. The van der Waals surface area contributed by atoms with Gasteiger partial charge in [-0.1, -0.05) is 41.9 Å². The van der Waals surface area contributed by atoms with E-state index in [1.54, 1.807) is 12.1 Å². The SMILES string of the molecule is OC1(c2ccccc2)CCOc2ccc(Cl)cc21. The van der Waals surface area contributed by atoms with Crippen LogP contribution in [0.1, 0.15) is 17.5 Å². The van der Waals surface area contributed by atoms with Gasteiger partial charge in [0.05, 0.1) is 6.61 Å². The fourth-order valence-electron chi connectivity index (χ4n) is 2.41. The van der Waals surface area contributed by atoms with E-state index < -0.39 is 5.60 Å². The van der Waals surface area contributed by atoms with Gasteiger partial charge in [0.15, 0.2) is 0 Å². The van der Waals surface area contributed by atoms with Crippen LogP contribution in [0.15, 0.2) is 48.5 Å². The zero-order valence-electron chi connectivity index (χ0n) is 9.77. The van der Waals surface area contributed by atoms with Gasteiger partial charge in [-0.25, -0.2) is 0 Å². The number of halogens is 1. The minimum atomic E-state index is -1.01. The Bertz CT molecular complexity index is 568. The van der Waals surface area contributed by atoms with Crippen molar-refractivity contribution in [2.75, 3.05) is 6.61 Å². The van der Waals surface area contributed by atoms with Crippen LogP contribution in [0, 0.1) is 0 Å². The summed E-state index contributed by atoms with van der Waals surface area (Å²) in [5, 5.41) is 11.6. The van der Waals surface area contributed by atoms with E-state index in [-0.39, 0.29) is 0 Å². The molecule has 0 saturated heterocycles. The molecular weight excluding hydrogens is 248 g/mol. The fourth-order valence-corrected chi connectivity index (χ4v) is 2.58. The number of fused-ring (bicyclic) bond motifs is 1. The van der Waals surface area contributed by atoms with Crippen molar-refractivity contribution in [2.45, 2.75) is 12.0 Å². The lowest BCUT2D eigenvalue weighted by Crippen LogP contribution is -2.33. The van der Waals surface area contributed by atoms with Gasteiger partial charge in [-0.3, -0.25) is 0 Å². The summed E-state index contributed by atoms with van der Waals surface area (Å²) in [4.78, 5) is 0. The second kappa shape index (κ2) is 4.30. The first kappa shape index (κ1) is 11.6. The molecule has 1 atom stereocenters. The van der Waals surface area contributed by atoms with Gasteiger partial charge in [0.25, 0.3) is 0 Å². The number of hydrogen-bond acceptors (Lipinski definition) is 2. The summed E-state index contributed by atoms with van der Waals surface area (Å²) >= 11 is 6.02. The molecule has 92 valence electrons. The molecule has 1 unspecified atom stereocenters. The van der Waals surface area contributed by atoms with Crippen molar-refractivity contribution in [3.63, 3.8) is 0 Å². The molecule has 3 rings (SSSR count). The molecule has 2 aromatic rings. The Kier molecular flexibility index (Phi) is 2.77. The summed E-state index contributed by atoms with van der Waals surface area (Å²) in [6.45, 7) is 0.500. The van der Waals surface area contributed by atoms with Crippen LogP contribution in [0.5, 0.6) is 5.75 Å². The van der Waals surface area contributed by atoms with Crippen molar-refractivity contribution in [3.05, 3.63) is 64.7 Å². The highest BCUT2D eigenvalue weighted by Gasteiger charge is 2.37. The van der Waals surface area contributed by atoms with Crippen LogP contribution < -0.4 is 4.74 Å². The Hall–Kier alpha value is -1.51. The van der Waals surface area contributed by atoms with Gasteiger partial charge in [-0.15, -0.1) is 0 Å². The Morgan fingerprint density at radius 3 is 2.67 bits per heavy atom. The van der Waals surface area contributed by atoms with Gasteiger partial charge in [0, 0.05) is 17.0 Å². The number of ether oxygens (including phenoxy) is 1. The van der Waals surface area contributed by atoms with Gasteiger partial charge in [0.1, 0.15) is 11.4 Å². The number of hydrogen-bond donors (Lipinski definition) is 1. The summed E-state index contributed by atoms with van der Waals surface area (Å²) in [5.41, 5.74) is 0.601. The Balaban J connectivity index is 2.18. The maximum Gasteiger partial charge on any atom is 0.125 e. The van der Waals surface area contributed by atoms with Crippen LogP contribution >= 0.6 is 11.6 Å². The molecule has 0 bridgehead atoms. The molecular formula is C15H13ClO2. The van der Waals surface area contributed by atoms with E-state index in [9.17, 15) is 5.11 Å². The lowest BCUT2D eigenvalue weighted by Gasteiger charge is -2.34. The van der Waals surface area contributed by atoms with Gasteiger partial charge in [-0.05, 0) is 23.8 Å². The molecule has 1 N–H and O–H groups in total. The molecule has 0 aliphatic carbocycles. The molecule has 2 aromatic carbocycles. The Morgan fingerprint density at radius 2 is 1.89 bits per heavy atom. The van der Waals surface area contributed by atoms with E-state index in [0.717, 1.165) is 11.1 Å². The number of benzene rings is 2. The first-order valence-corrected chi connectivity index (χ1v) is 6.29. The quantitative estimate of drug-likeness (QED) is 0.852. The van der Waals surface area contributed by atoms with Crippen LogP contribution in [-0.2, 0) is 5.60 Å². The van der Waals surface area contributed by atoms with E-state index in [1.165, 1.54) is 0 Å². The third-order valence-electron chi connectivity index (χ3n) is 3.36. The molecule has 1 heterocycles. The van der Waals surface area contributed by atoms with E-state index in [1.807, 2.05) is 36.4 Å². The normalized spacial score (nSPS) is 22.1. The highest BCUT2D eigenvalue weighted by Crippen LogP contribution is 2.42. The van der Waals surface area contributed by atoms with Crippen molar-refractivity contribution in [2.24, 2.45) is 0 Å². The molecule has 0 amide bonds. The predicted octanol–water partition coefficient (Wildman–Crippen LogP) is 3.36. The average Bonchev–Trinajstić information content (AvgIpc) is 2.41. The first-order chi connectivity index (χ1) is 8.70. The van der Waals surface area contributed by atoms with Crippen molar-refractivity contribution in [1.82, 2.24) is 0 Å². The fraction of sp³-hybridized carbons (Fsp3) is 0.200. The molecule has 3 heteroatoms. The van der Waals surface area contributed by atoms with Crippen LogP contribution in [-0.4, -0.2) is 11.7 Å². The second-order valence-electron chi connectivity index (χ2n) is 4.47. The van der Waals surface area contributed by atoms with Crippen molar-refractivity contribution in [3.8, 4) is 5.75 Å². The summed E-state index contributed by atoms with van der Waals surface area (Å²) in [5.74, 6) is 0.706. The van der Waals surface area contributed by atoms with E-state index in [0.29, 0.717) is 23.8 Å². The smallest absolute Gasteiger partial charge is 0.125 e. The highest BCUT2D eigenvalue weighted by atomic mass is 35.5. The van der Waals surface area contributed by atoms with Gasteiger partial charge in [-0.2, -0.15) is 0 Å². The molecule has 1 aliphatic heterocycles. The number of aliphatic hydroxyl groups is 1. The maximum absolute atomic E-state index is 11.0. The van der Waals surface area contributed by atoms with E-state index in [2.05, 4.69) is 0 Å². The van der Waals surface area contributed by atoms with Gasteiger partial charge < -0.3 is 9.84 Å². The highest BCUT2D eigenvalue weighted by molar-refractivity contribution is 6.30. The molecule has 2 nitrogen and oxygen atoms in total. The van der Waals surface area contributed by atoms with Crippen molar-refractivity contribution < 1.29 is 9.84 Å². The van der Waals surface area contributed by atoms with Crippen molar-refractivity contribution >= 4 is 11.6 Å². The van der Waals surface area contributed by atoms with E-state index >= 15 is 0 Å². The standard InChI is InChI=1S/C15H13ClO2/c16-12-6-7-14-13(10-12)15(17,8-9-18-14)11-4-2-1-3-5-11/h1-7,10,17H,8-9H2. The third-order valence-corrected chi connectivity index (χ3v) is 3.60. The zero-order chi connectivity index (χ0) is 12.6. The Labute approximate surface area is 111 Å². The van der Waals surface area contributed by atoms with Crippen LogP contribution in [0.2, 0.25) is 5.02 Å². The molecule has 0 radical (unpaired) electrons. The monoisotopic (exact) mass is 260 g/mol. The lowest BCUT2D eigenvalue weighted by molar-refractivity contribution is 0.0349. The molecule has 0 spiro atoms. The van der Waals surface area contributed by atoms with Crippen LogP contribution in [0.3, 0.4) is 0 Å². The molecule has 1 aliphatic rings. The van der Waals surface area contributed by atoms with Crippen LogP contribution in [0.4, 0.5) is 0 Å². The minimum Gasteiger partial charge on any atom is -0.493 e. The summed E-state index contributed by atoms with van der Waals surface area (Å²) in [6.07, 6.45) is 0.532. The van der Waals surface area contributed by atoms with Crippen LogP contribution in [0.25, 0.3) is 0 Å². The molecule has 0 fully saturated rings. The Morgan fingerprint density at radius 1 is 1.11 bits per heavy atom. The summed E-state index contributed by atoms with van der Waals surface area (Å²) in [7, 11) is 0. The van der Waals surface area contributed by atoms with E-state index in [4.69, 9.17) is 16.3 Å². The molecule has 0 aromatic heterocycles. The second-order valence-corrected chi connectivity index (χ2v) is 4.90. The van der Waals surface area contributed by atoms with Gasteiger partial charge in [0.2, 0.25) is 0 Å². The topological polar surface area (TPSA) is 29.5 Å². The first-order valence-electron chi connectivity index (χ1n) is 5.91. The average molecular weight is 261 g/mol. The molecule has 0 saturated carbocycles. The summed E-state index contributed by atoms with van der Waals surface area (Å²) < 4.78 is 5.58. The lowest BCUT2D eigenvalue weighted by atomic mass is 9.82. The summed E-state index contributed by atoms with van der Waals surface area (Å²) in [6, 6.07) is 15.0.